The number of aromatic nitrogens is 2. The Bertz CT molecular complexity index is 738. The molecule has 0 amide bonds. The average Bonchev–Trinajstić information content (AvgIpc) is 2.35. The molecule has 0 aliphatic carbocycles. The van der Waals surface area contributed by atoms with E-state index in [0.717, 1.165) is 0 Å². The van der Waals surface area contributed by atoms with E-state index in [0.29, 0.717) is 11.4 Å². The summed E-state index contributed by atoms with van der Waals surface area (Å²) in [4.78, 5) is 26.5. The van der Waals surface area contributed by atoms with Gasteiger partial charge in [0.05, 0.1) is 12.1 Å². The highest BCUT2D eigenvalue weighted by Crippen LogP contribution is 2.14. The minimum Gasteiger partial charge on any atom is -0.478 e. The van der Waals surface area contributed by atoms with Crippen molar-refractivity contribution in [1.82, 2.24) is 9.55 Å². The predicted molar refractivity (Wildman–Crippen MR) is 70.4 cm³/mol. The first-order valence-electron chi connectivity index (χ1n) is 5.96. The van der Waals surface area contributed by atoms with E-state index >= 15 is 0 Å². The lowest BCUT2D eigenvalue weighted by Gasteiger charge is -2.11. The highest BCUT2D eigenvalue weighted by Gasteiger charge is 2.15. The van der Waals surface area contributed by atoms with Gasteiger partial charge in [0.1, 0.15) is 5.82 Å². The third-order valence-corrected chi connectivity index (χ3v) is 2.98. The summed E-state index contributed by atoms with van der Waals surface area (Å²) in [5, 5.41) is 8.88. The summed E-state index contributed by atoms with van der Waals surface area (Å²) in [5.41, 5.74) is 0.475. The van der Waals surface area contributed by atoms with Gasteiger partial charge in [0.2, 0.25) is 0 Å². The molecule has 2 aromatic rings. The number of rotatable bonds is 3. The number of carboxylic acids is 1. The largest absolute Gasteiger partial charge is 0.478 e. The summed E-state index contributed by atoms with van der Waals surface area (Å²) >= 11 is 0. The molecule has 2 rings (SSSR count). The first kappa shape index (κ1) is 13.9. The Morgan fingerprint density at radius 2 is 2.10 bits per heavy atom. The van der Waals surface area contributed by atoms with Gasteiger partial charge >= 0.3 is 11.7 Å². The summed E-state index contributed by atoms with van der Waals surface area (Å²) in [7, 11) is 0. The van der Waals surface area contributed by atoms with Crippen molar-refractivity contribution < 1.29 is 14.3 Å². The van der Waals surface area contributed by atoms with Gasteiger partial charge in [-0.2, -0.15) is 4.98 Å². The molecule has 1 aromatic heterocycles. The third kappa shape index (κ3) is 2.59. The van der Waals surface area contributed by atoms with E-state index in [2.05, 4.69) is 4.98 Å². The number of carbonyl (C=O) groups is 1. The van der Waals surface area contributed by atoms with E-state index in [1.165, 1.54) is 22.8 Å². The Morgan fingerprint density at radius 1 is 1.40 bits per heavy atom. The van der Waals surface area contributed by atoms with E-state index in [1.807, 2.05) is 0 Å². The maximum Gasteiger partial charge on any atom is 0.348 e. The molecule has 1 heterocycles. The molecule has 0 aliphatic rings. The van der Waals surface area contributed by atoms with Gasteiger partial charge in [0.25, 0.3) is 0 Å². The minimum atomic E-state index is -1.34. The Balaban J connectivity index is 2.49. The number of carboxylic acid groups (broad SMARTS) is 1. The number of nitrogens with zero attached hydrogens (tertiary/aromatic N) is 2. The van der Waals surface area contributed by atoms with Crippen molar-refractivity contribution in [1.29, 1.82) is 0 Å². The minimum absolute atomic E-state index is 0.0507. The number of aromatic carboxylic acids is 1. The molecule has 0 atom stereocenters. The standard InChI is InChI=1S/C14H13FN2O3/c1-8-6-9(2)17(14(20)16-8)7-10-4-3-5-11(12(10)15)13(18)19/h3-6H,7H2,1-2H3,(H,18,19). The van der Waals surface area contributed by atoms with Crippen molar-refractivity contribution >= 4 is 5.97 Å². The van der Waals surface area contributed by atoms with Gasteiger partial charge in [-0.05, 0) is 26.0 Å². The van der Waals surface area contributed by atoms with Crippen LogP contribution in [0, 0.1) is 19.7 Å². The van der Waals surface area contributed by atoms with Crippen LogP contribution in [0.5, 0.6) is 0 Å². The lowest BCUT2D eigenvalue weighted by molar-refractivity contribution is 0.0691. The fourth-order valence-corrected chi connectivity index (χ4v) is 2.00. The van der Waals surface area contributed by atoms with E-state index in [9.17, 15) is 14.0 Å². The van der Waals surface area contributed by atoms with E-state index in [4.69, 9.17) is 5.11 Å². The molecule has 0 radical (unpaired) electrons. The second kappa shape index (κ2) is 5.24. The Labute approximate surface area is 114 Å². The fourth-order valence-electron chi connectivity index (χ4n) is 2.00. The SMILES string of the molecule is Cc1cc(C)n(Cc2cccc(C(=O)O)c2F)c(=O)n1. The predicted octanol–water partition coefficient (Wildman–Crippen LogP) is 1.75. The van der Waals surface area contributed by atoms with Crippen LogP contribution in [0.2, 0.25) is 0 Å². The summed E-state index contributed by atoms with van der Waals surface area (Å²) in [5.74, 6) is -2.16. The van der Waals surface area contributed by atoms with Crippen LogP contribution in [-0.4, -0.2) is 20.6 Å². The molecule has 0 bridgehead atoms. The quantitative estimate of drug-likeness (QED) is 0.927. The summed E-state index contributed by atoms with van der Waals surface area (Å²) < 4.78 is 15.3. The lowest BCUT2D eigenvalue weighted by Crippen LogP contribution is -2.26. The van der Waals surface area contributed by atoms with Gasteiger partial charge in [-0.1, -0.05) is 12.1 Å². The Hall–Kier alpha value is -2.50. The summed E-state index contributed by atoms with van der Waals surface area (Å²) in [6, 6.07) is 5.79. The lowest BCUT2D eigenvalue weighted by atomic mass is 10.1. The van der Waals surface area contributed by atoms with E-state index in [-0.39, 0.29) is 12.1 Å². The summed E-state index contributed by atoms with van der Waals surface area (Å²) in [6.45, 7) is 3.37. The highest BCUT2D eigenvalue weighted by atomic mass is 19.1. The van der Waals surface area contributed by atoms with Crippen LogP contribution in [0.15, 0.2) is 29.1 Å². The number of aryl methyl sites for hydroxylation is 2. The van der Waals surface area contributed by atoms with Crippen LogP contribution in [0.3, 0.4) is 0 Å². The van der Waals surface area contributed by atoms with Crippen LogP contribution < -0.4 is 5.69 Å². The van der Waals surface area contributed by atoms with Crippen molar-refractivity contribution in [3.05, 3.63) is 63.1 Å². The van der Waals surface area contributed by atoms with Crippen LogP contribution >= 0.6 is 0 Å². The molecule has 5 nitrogen and oxygen atoms in total. The van der Waals surface area contributed by atoms with Crippen molar-refractivity contribution in [3.63, 3.8) is 0 Å². The van der Waals surface area contributed by atoms with Crippen LogP contribution in [0.1, 0.15) is 27.3 Å². The van der Waals surface area contributed by atoms with Gasteiger partial charge in [-0.3, -0.25) is 4.57 Å². The van der Waals surface area contributed by atoms with Gasteiger partial charge in [-0.15, -0.1) is 0 Å². The maximum absolute atomic E-state index is 14.0. The highest BCUT2D eigenvalue weighted by molar-refractivity contribution is 5.88. The smallest absolute Gasteiger partial charge is 0.348 e. The van der Waals surface area contributed by atoms with Crippen molar-refractivity contribution in [3.8, 4) is 0 Å². The van der Waals surface area contributed by atoms with Gasteiger partial charge in [0.15, 0.2) is 0 Å². The molecular weight excluding hydrogens is 263 g/mol. The number of halogens is 1. The molecule has 0 saturated heterocycles. The number of hydrogen-bond donors (Lipinski definition) is 1. The average molecular weight is 276 g/mol. The van der Waals surface area contributed by atoms with Crippen LogP contribution in [-0.2, 0) is 6.54 Å². The monoisotopic (exact) mass is 276 g/mol. The zero-order valence-corrected chi connectivity index (χ0v) is 11.1. The molecule has 0 saturated carbocycles. The summed E-state index contributed by atoms with van der Waals surface area (Å²) in [6.07, 6.45) is 0. The fraction of sp³-hybridized carbons (Fsp3) is 0.214. The second-order valence-corrected chi connectivity index (χ2v) is 4.49. The van der Waals surface area contributed by atoms with Crippen LogP contribution in [0.25, 0.3) is 0 Å². The normalized spacial score (nSPS) is 10.6. The first-order chi connectivity index (χ1) is 9.40. The molecule has 0 spiro atoms. The van der Waals surface area contributed by atoms with Gasteiger partial charge < -0.3 is 5.11 Å². The molecule has 104 valence electrons. The molecule has 6 heteroatoms. The third-order valence-electron chi connectivity index (χ3n) is 2.98. The molecule has 0 unspecified atom stereocenters. The van der Waals surface area contributed by atoms with Gasteiger partial charge in [0, 0.05) is 17.0 Å². The maximum atomic E-state index is 14.0. The molecule has 0 aliphatic heterocycles. The zero-order chi connectivity index (χ0) is 14.9. The van der Waals surface area contributed by atoms with E-state index < -0.39 is 23.0 Å². The zero-order valence-electron chi connectivity index (χ0n) is 11.1. The molecule has 1 N–H and O–H groups in total. The second-order valence-electron chi connectivity index (χ2n) is 4.49. The number of benzene rings is 1. The van der Waals surface area contributed by atoms with Crippen molar-refractivity contribution in [2.24, 2.45) is 0 Å². The van der Waals surface area contributed by atoms with Crippen molar-refractivity contribution in [2.75, 3.05) is 0 Å². The first-order valence-corrected chi connectivity index (χ1v) is 5.96. The van der Waals surface area contributed by atoms with Gasteiger partial charge in [-0.25, -0.2) is 14.0 Å². The van der Waals surface area contributed by atoms with Crippen LogP contribution in [0.4, 0.5) is 4.39 Å². The van der Waals surface area contributed by atoms with Crippen molar-refractivity contribution in [2.45, 2.75) is 20.4 Å². The number of hydrogen-bond acceptors (Lipinski definition) is 3. The molecular formula is C14H13FN2O3. The topological polar surface area (TPSA) is 72.2 Å². The Kier molecular flexibility index (Phi) is 3.65. The molecule has 20 heavy (non-hydrogen) atoms. The molecule has 1 aromatic carbocycles. The van der Waals surface area contributed by atoms with E-state index in [1.54, 1.807) is 19.9 Å². The Morgan fingerprint density at radius 3 is 2.70 bits per heavy atom. The molecule has 0 fully saturated rings.